The van der Waals surface area contributed by atoms with E-state index in [2.05, 4.69) is 72.7 Å². The van der Waals surface area contributed by atoms with Gasteiger partial charge in [0.2, 0.25) is 0 Å². The summed E-state index contributed by atoms with van der Waals surface area (Å²) < 4.78 is 0. The second kappa shape index (κ2) is 10.1. The third-order valence-corrected chi connectivity index (χ3v) is 6.37. The molecule has 0 saturated carbocycles. The Morgan fingerprint density at radius 3 is 1.00 bits per heavy atom. The van der Waals surface area contributed by atoms with Crippen LogP contribution >= 0.6 is 0 Å². The number of hydrogen-bond donors (Lipinski definition) is 0. The number of benzene rings is 2. The summed E-state index contributed by atoms with van der Waals surface area (Å²) in [6, 6.07) is 10.1. The smallest absolute Gasteiger partial charge is 0.00923 e. The molecule has 0 heteroatoms. The van der Waals surface area contributed by atoms with Gasteiger partial charge in [-0.25, -0.2) is 0 Å². The summed E-state index contributed by atoms with van der Waals surface area (Å²) in [5.74, 6) is 0.516. The van der Waals surface area contributed by atoms with Crippen molar-refractivity contribution in [3.05, 3.63) is 68.8 Å². The average molecular weight is 365 g/mol. The summed E-state index contributed by atoms with van der Waals surface area (Å²) in [7, 11) is 0. The van der Waals surface area contributed by atoms with E-state index in [1.54, 1.807) is 44.5 Å². The van der Waals surface area contributed by atoms with E-state index in [1.165, 1.54) is 6.42 Å². The van der Waals surface area contributed by atoms with Gasteiger partial charge in [-0.3, -0.25) is 0 Å². The second-order valence-electron chi connectivity index (χ2n) is 7.72. The van der Waals surface area contributed by atoms with Crippen molar-refractivity contribution in [1.29, 1.82) is 0 Å². The molecule has 0 amide bonds. The van der Waals surface area contributed by atoms with Gasteiger partial charge in [-0.2, -0.15) is 0 Å². The van der Waals surface area contributed by atoms with Gasteiger partial charge in [0.15, 0.2) is 0 Å². The summed E-state index contributed by atoms with van der Waals surface area (Å²) in [4.78, 5) is 0. The highest BCUT2D eigenvalue weighted by atomic mass is 14.3. The van der Waals surface area contributed by atoms with E-state index in [9.17, 15) is 0 Å². The van der Waals surface area contributed by atoms with Crippen molar-refractivity contribution >= 4 is 0 Å². The summed E-state index contributed by atoms with van der Waals surface area (Å²) in [5.41, 5.74) is 12.4. The zero-order valence-corrected chi connectivity index (χ0v) is 18.8. The quantitative estimate of drug-likeness (QED) is 0.429. The lowest BCUT2D eigenvalue weighted by atomic mass is 9.79. The fraction of sp³-hybridized carbons (Fsp3) is 0.556. The summed E-state index contributed by atoms with van der Waals surface area (Å²) in [5, 5.41) is 0. The first-order valence-electron chi connectivity index (χ1n) is 11.4. The van der Waals surface area contributed by atoms with Crippen LogP contribution in [0.3, 0.4) is 0 Å². The fourth-order valence-electron chi connectivity index (χ4n) is 4.70. The Bertz CT molecular complexity index is 688. The molecular formula is C27H40. The molecule has 0 fully saturated rings. The standard InChI is InChI=1S/C27H40/c1-8-19-15-23(12-5)26(17-21(19)10-3)25(14-7)27-18-22(11-4)20(9-2)16-24(27)13-6/h15-18,25H,8-14H2,1-7H3. The molecule has 0 aliphatic rings. The van der Waals surface area contributed by atoms with Gasteiger partial charge in [0.1, 0.15) is 0 Å². The fourth-order valence-corrected chi connectivity index (χ4v) is 4.70. The zero-order chi connectivity index (χ0) is 20.0. The van der Waals surface area contributed by atoms with Crippen molar-refractivity contribution < 1.29 is 0 Å². The van der Waals surface area contributed by atoms with E-state index in [1.807, 2.05) is 0 Å². The summed E-state index contributed by atoms with van der Waals surface area (Å²) >= 11 is 0. The maximum Gasteiger partial charge on any atom is 0.00923 e. The van der Waals surface area contributed by atoms with Gasteiger partial charge < -0.3 is 0 Å². The summed E-state index contributed by atoms with van der Waals surface area (Å²) in [6.07, 6.45) is 7.95. The lowest BCUT2D eigenvalue weighted by molar-refractivity contribution is 0.747. The zero-order valence-electron chi connectivity index (χ0n) is 18.8. The Labute approximate surface area is 168 Å². The van der Waals surface area contributed by atoms with Gasteiger partial charge in [0.05, 0.1) is 0 Å². The lowest BCUT2D eigenvalue weighted by Gasteiger charge is -2.26. The highest BCUT2D eigenvalue weighted by Gasteiger charge is 2.21. The topological polar surface area (TPSA) is 0 Å². The molecular weight excluding hydrogens is 324 g/mol. The Morgan fingerprint density at radius 1 is 0.444 bits per heavy atom. The molecule has 0 bridgehead atoms. The molecule has 2 rings (SSSR count). The second-order valence-corrected chi connectivity index (χ2v) is 7.72. The van der Waals surface area contributed by atoms with E-state index >= 15 is 0 Å². The first-order valence-corrected chi connectivity index (χ1v) is 11.4. The third-order valence-electron chi connectivity index (χ3n) is 6.37. The van der Waals surface area contributed by atoms with Gasteiger partial charge in [-0.05, 0) is 89.5 Å². The van der Waals surface area contributed by atoms with E-state index in [0.717, 1.165) is 38.5 Å². The monoisotopic (exact) mass is 364 g/mol. The summed E-state index contributed by atoms with van der Waals surface area (Å²) in [6.45, 7) is 16.2. The van der Waals surface area contributed by atoms with Crippen LogP contribution < -0.4 is 0 Å². The van der Waals surface area contributed by atoms with E-state index in [-0.39, 0.29) is 0 Å². The molecule has 2 aromatic carbocycles. The van der Waals surface area contributed by atoms with Gasteiger partial charge in [-0.1, -0.05) is 72.7 Å². The van der Waals surface area contributed by atoms with Crippen LogP contribution in [0.5, 0.6) is 0 Å². The normalized spacial score (nSPS) is 11.4. The minimum Gasteiger partial charge on any atom is -0.0645 e. The highest BCUT2D eigenvalue weighted by Crippen LogP contribution is 2.36. The molecule has 0 N–H and O–H groups in total. The average Bonchev–Trinajstić information content (AvgIpc) is 2.73. The van der Waals surface area contributed by atoms with Crippen LogP contribution in [0.1, 0.15) is 105 Å². The molecule has 0 aromatic heterocycles. The number of aryl methyl sites for hydroxylation is 6. The maximum atomic E-state index is 2.55. The number of hydrogen-bond acceptors (Lipinski definition) is 0. The van der Waals surface area contributed by atoms with Gasteiger partial charge in [0, 0.05) is 5.92 Å². The molecule has 0 unspecified atom stereocenters. The van der Waals surface area contributed by atoms with E-state index < -0.39 is 0 Å². The minimum atomic E-state index is 0.516. The Kier molecular flexibility index (Phi) is 8.14. The predicted octanol–water partition coefficient (Wildman–Crippen LogP) is 7.60. The van der Waals surface area contributed by atoms with Crippen molar-refractivity contribution in [2.24, 2.45) is 0 Å². The van der Waals surface area contributed by atoms with E-state index in [0.29, 0.717) is 5.92 Å². The van der Waals surface area contributed by atoms with Crippen LogP contribution in [0.2, 0.25) is 0 Å². The van der Waals surface area contributed by atoms with Gasteiger partial charge >= 0.3 is 0 Å². The molecule has 0 nitrogen and oxygen atoms in total. The van der Waals surface area contributed by atoms with Crippen molar-refractivity contribution in [2.45, 2.75) is 99.3 Å². The van der Waals surface area contributed by atoms with Crippen LogP contribution in [0.4, 0.5) is 0 Å². The van der Waals surface area contributed by atoms with Crippen LogP contribution in [0, 0.1) is 0 Å². The first kappa shape index (κ1) is 21.7. The molecule has 0 aliphatic carbocycles. The Morgan fingerprint density at radius 2 is 0.741 bits per heavy atom. The van der Waals surface area contributed by atoms with E-state index in [4.69, 9.17) is 0 Å². The van der Waals surface area contributed by atoms with Gasteiger partial charge in [-0.15, -0.1) is 0 Å². The Balaban J connectivity index is 2.69. The van der Waals surface area contributed by atoms with Crippen molar-refractivity contribution in [1.82, 2.24) is 0 Å². The molecule has 0 spiro atoms. The van der Waals surface area contributed by atoms with Gasteiger partial charge in [0.25, 0.3) is 0 Å². The predicted molar refractivity (Wildman–Crippen MR) is 121 cm³/mol. The van der Waals surface area contributed by atoms with Crippen LogP contribution in [0.25, 0.3) is 0 Å². The molecule has 0 saturated heterocycles. The molecule has 0 heterocycles. The minimum absolute atomic E-state index is 0.516. The van der Waals surface area contributed by atoms with Crippen molar-refractivity contribution in [3.8, 4) is 0 Å². The molecule has 0 aliphatic heterocycles. The van der Waals surface area contributed by atoms with Crippen LogP contribution in [-0.4, -0.2) is 0 Å². The Hall–Kier alpha value is -1.56. The number of rotatable bonds is 9. The van der Waals surface area contributed by atoms with Crippen molar-refractivity contribution in [3.63, 3.8) is 0 Å². The largest absolute Gasteiger partial charge is 0.0645 e. The molecule has 2 aromatic rings. The molecule has 27 heavy (non-hydrogen) atoms. The maximum absolute atomic E-state index is 2.55. The molecule has 148 valence electrons. The van der Waals surface area contributed by atoms with Crippen molar-refractivity contribution in [2.75, 3.05) is 0 Å². The SMILES string of the molecule is CCc1cc(CC)c(C(CC)c2cc(CC)c(CC)cc2CC)cc1CC. The van der Waals surface area contributed by atoms with Crippen LogP contribution in [0.15, 0.2) is 24.3 Å². The van der Waals surface area contributed by atoms with Crippen LogP contribution in [-0.2, 0) is 38.5 Å². The molecule has 0 atom stereocenters. The molecule has 0 radical (unpaired) electrons. The first-order chi connectivity index (χ1) is 13.1. The third kappa shape index (κ3) is 4.48. The highest BCUT2D eigenvalue weighted by molar-refractivity contribution is 5.49. The lowest BCUT2D eigenvalue weighted by Crippen LogP contribution is -2.10.